The van der Waals surface area contributed by atoms with Gasteiger partial charge in [-0.15, -0.1) is 0 Å². The van der Waals surface area contributed by atoms with Crippen LogP contribution in [0.3, 0.4) is 0 Å². The molecule has 2 aromatic carbocycles. The lowest BCUT2D eigenvalue weighted by Gasteiger charge is -2.33. The number of rotatable bonds is 5. The van der Waals surface area contributed by atoms with E-state index in [9.17, 15) is 9.59 Å². The molecule has 2 aliphatic heterocycles. The van der Waals surface area contributed by atoms with Gasteiger partial charge in [-0.3, -0.25) is 9.69 Å². The Balaban J connectivity index is 1.27. The molecule has 3 aromatic rings. The highest BCUT2D eigenvalue weighted by molar-refractivity contribution is 5.90. The topological polar surface area (TPSA) is 92.6 Å². The van der Waals surface area contributed by atoms with E-state index in [0.29, 0.717) is 25.9 Å². The Morgan fingerprint density at radius 3 is 2.32 bits per heavy atom. The molecule has 1 atom stereocenters. The van der Waals surface area contributed by atoms with E-state index in [0.717, 1.165) is 23.2 Å². The van der Waals surface area contributed by atoms with Gasteiger partial charge in [-0.2, -0.15) is 15.0 Å². The average Bonchev–Trinajstić information content (AvgIpc) is 3.41. The number of fused-ring (bicyclic) bond motifs is 1. The third-order valence-corrected chi connectivity index (χ3v) is 6.18. The second-order valence-corrected chi connectivity index (χ2v) is 8.54. The monoisotopic (exact) mass is 470 g/mol. The number of hydrogen-bond acceptors (Lipinski definition) is 6. The highest BCUT2D eigenvalue weighted by Gasteiger charge is 2.34. The molecule has 0 saturated carbocycles. The van der Waals surface area contributed by atoms with Crippen molar-refractivity contribution in [1.29, 1.82) is 0 Å². The van der Waals surface area contributed by atoms with Crippen LogP contribution in [-0.2, 0) is 9.53 Å². The predicted molar refractivity (Wildman–Crippen MR) is 121 cm³/mol. The summed E-state index contributed by atoms with van der Waals surface area (Å²) in [6.45, 7) is 2.47. The van der Waals surface area contributed by atoms with Crippen molar-refractivity contribution in [3.63, 3.8) is 0 Å². The summed E-state index contributed by atoms with van der Waals surface area (Å²) in [6.07, 6.45) is -0.00824. The normalized spacial score (nSPS) is 19.0. The van der Waals surface area contributed by atoms with Gasteiger partial charge in [-0.25, -0.2) is 13.6 Å². The van der Waals surface area contributed by atoms with Gasteiger partial charge in [-0.1, -0.05) is 12.1 Å². The van der Waals surface area contributed by atoms with Gasteiger partial charge in [0.15, 0.2) is 11.6 Å². The molecule has 2 fully saturated rings. The number of halogens is 2. The molecule has 5 rings (SSSR count). The first-order chi connectivity index (χ1) is 16.4. The molecule has 0 radical (unpaired) electrons. The number of aromatic nitrogens is 3. The maximum Gasteiger partial charge on any atom is 0.414 e. The minimum atomic E-state index is -0.741. The molecule has 0 unspecified atom stereocenters. The van der Waals surface area contributed by atoms with E-state index in [-0.39, 0.29) is 36.4 Å². The molecule has 3 heterocycles. The molecule has 2 saturated heterocycles. The maximum absolute atomic E-state index is 15.0. The van der Waals surface area contributed by atoms with E-state index >= 15 is 8.78 Å². The zero-order valence-corrected chi connectivity index (χ0v) is 18.6. The van der Waals surface area contributed by atoms with Gasteiger partial charge in [0.25, 0.3) is 0 Å². The Morgan fingerprint density at radius 1 is 1.12 bits per heavy atom. The van der Waals surface area contributed by atoms with E-state index in [1.165, 1.54) is 11.8 Å². The van der Waals surface area contributed by atoms with Crippen molar-refractivity contribution in [3.05, 3.63) is 48.0 Å². The summed E-state index contributed by atoms with van der Waals surface area (Å²) in [4.78, 5) is 27.8. The van der Waals surface area contributed by atoms with Crippen molar-refractivity contribution >= 4 is 34.4 Å². The Hall–Kier alpha value is -3.76. The third kappa shape index (κ3) is 4.25. The van der Waals surface area contributed by atoms with Gasteiger partial charge in [0.05, 0.1) is 24.8 Å². The second kappa shape index (κ2) is 8.88. The fourth-order valence-electron chi connectivity index (χ4n) is 4.47. The number of benzene rings is 2. The van der Waals surface area contributed by atoms with Crippen molar-refractivity contribution in [1.82, 2.24) is 20.3 Å². The number of carbonyl (C=O) groups excluding carboxylic acids is 2. The van der Waals surface area contributed by atoms with Crippen LogP contribution in [0.4, 0.5) is 25.0 Å². The smallest absolute Gasteiger partial charge is 0.414 e. The van der Waals surface area contributed by atoms with Crippen molar-refractivity contribution in [2.75, 3.05) is 36.0 Å². The molecule has 1 aromatic heterocycles. The molecule has 0 bridgehead atoms. The average molecular weight is 470 g/mol. The zero-order chi connectivity index (χ0) is 23.8. The summed E-state index contributed by atoms with van der Waals surface area (Å²) in [5.74, 6) is -1.74. The van der Waals surface area contributed by atoms with Crippen LogP contribution in [0.1, 0.15) is 25.8 Å². The van der Waals surface area contributed by atoms with Crippen molar-refractivity contribution < 1.29 is 23.1 Å². The van der Waals surface area contributed by atoms with Crippen LogP contribution in [0, 0.1) is 11.6 Å². The molecule has 2 amide bonds. The van der Waals surface area contributed by atoms with Crippen molar-refractivity contribution in [2.45, 2.75) is 31.9 Å². The molecule has 1 N–H and O–H groups in total. The van der Waals surface area contributed by atoms with E-state index in [2.05, 4.69) is 15.5 Å². The highest BCUT2D eigenvalue weighted by Crippen LogP contribution is 2.34. The van der Waals surface area contributed by atoms with Crippen LogP contribution in [0.15, 0.2) is 36.4 Å². The summed E-state index contributed by atoms with van der Waals surface area (Å²) >= 11 is 0. The van der Waals surface area contributed by atoms with Gasteiger partial charge in [0.2, 0.25) is 5.91 Å². The number of anilines is 2. The van der Waals surface area contributed by atoms with Crippen LogP contribution in [-0.4, -0.2) is 59.3 Å². The van der Waals surface area contributed by atoms with Gasteiger partial charge in [-0.05, 0) is 25.0 Å². The van der Waals surface area contributed by atoms with E-state index in [4.69, 9.17) is 4.74 Å². The molecule has 0 spiro atoms. The molecular formula is C23H24F2N6O3. The van der Waals surface area contributed by atoms with Crippen molar-refractivity contribution in [2.24, 2.45) is 0 Å². The summed E-state index contributed by atoms with van der Waals surface area (Å²) in [6, 6.07) is 9.96. The maximum atomic E-state index is 15.0. The predicted octanol–water partition coefficient (Wildman–Crippen LogP) is 3.01. The number of nitrogens with zero attached hydrogens (tertiary/aromatic N) is 5. The molecule has 11 heteroatoms. The standard InChI is InChI=1S/C23H24F2N6O3/c1-14(32)26-12-17-13-30(23(33)34-17)16-10-18(24)22(19(25)11-16)29-8-6-15(7-9-29)31-27-20-4-2-3-5-21(20)28-31/h2-5,10-11,15,17H,6-9,12-13H2,1H3,(H,26,32)/t17-/m0/s1. The first-order valence-electron chi connectivity index (χ1n) is 11.2. The zero-order valence-electron chi connectivity index (χ0n) is 18.6. The van der Waals surface area contributed by atoms with Crippen LogP contribution in [0.25, 0.3) is 11.0 Å². The minimum Gasteiger partial charge on any atom is -0.442 e. The van der Waals surface area contributed by atoms with Crippen LogP contribution < -0.4 is 15.1 Å². The van der Waals surface area contributed by atoms with Crippen LogP contribution in [0.5, 0.6) is 0 Å². The summed E-state index contributed by atoms with van der Waals surface area (Å²) in [7, 11) is 0. The minimum absolute atomic E-state index is 0.0500. The van der Waals surface area contributed by atoms with Gasteiger partial charge in [0.1, 0.15) is 22.8 Å². The van der Waals surface area contributed by atoms with Crippen LogP contribution in [0.2, 0.25) is 0 Å². The first-order valence-corrected chi connectivity index (χ1v) is 11.2. The number of hydrogen-bond donors (Lipinski definition) is 1. The number of piperidine rings is 1. The number of cyclic esters (lactones) is 1. The Kier molecular flexibility index (Phi) is 5.76. The van der Waals surface area contributed by atoms with Gasteiger partial charge >= 0.3 is 6.09 Å². The largest absolute Gasteiger partial charge is 0.442 e. The second-order valence-electron chi connectivity index (χ2n) is 8.54. The summed E-state index contributed by atoms with van der Waals surface area (Å²) in [5, 5.41) is 11.6. The molecule has 2 aliphatic rings. The van der Waals surface area contributed by atoms with E-state index in [1.807, 2.05) is 24.3 Å². The lowest BCUT2D eigenvalue weighted by molar-refractivity contribution is -0.119. The first kappa shape index (κ1) is 22.1. The van der Waals surface area contributed by atoms with Gasteiger partial charge < -0.3 is 15.0 Å². The number of carbonyl (C=O) groups is 2. The van der Waals surface area contributed by atoms with E-state index < -0.39 is 23.8 Å². The van der Waals surface area contributed by atoms with Crippen LogP contribution >= 0.6 is 0 Å². The summed E-state index contributed by atoms with van der Waals surface area (Å²) < 4.78 is 35.3. The lowest BCUT2D eigenvalue weighted by Crippen LogP contribution is -2.36. The molecule has 0 aliphatic carbocycles. The Labute approximate surface area is 194 Å². The molecule has 9 nitrogen and oxygen atoms in total. The number of nitrogens with one attached hydrogen (secondary N) is 1. The molecular weight excluding hydrogens is 446 g/mol. The fourth-order valence-corrected chi connectivity index (χ4v) is 4.47. The van der Waals surface area contributed by atoms with E-state index in [1.54, 1.807) is 9.70 Å². The Morgan fingerprint density at radius 2 is 1.74 bits per heavy atom. The quantitative estimate of drug-likeness (QED) is 0.616. The molecule has 34 heavy (non-hydrogen) atoms. The Bertz CT molecular complexity index is 1180. The number of ether oxygens (including phenoxy) is 1. The third-order valence-electron chi connectivity index (χ3n) is 6.18. The number of amides is 2. The highest BCUT2D eigenvalue weighted by atomic mass is 19.1. The molecule has 178 valence electrons. The fraction of sp³-hybridized carbons (Fsp3) is 0.391. The summed E-state index contributed by atoms with van der Waals surface area (Å²) in [5.41, 5.74) is 1.61. The van der Waals surface area contributed by atoms with Gasteiger partial charge in [0, 0.05) is 32.1 Å². The van der Waals surface area contributed by atoms with Crippen molar-refractivity contribution in [3.8, 4) is 0 Å². The lowest BCUT2D eigenvalue weighted by atomic mass is 10.0. The SMILES string of the molecule is CC(=O)NC[C@H]1CN(c2cc(F)c(N3CCC(n4nc5ccccc5n4)CC3)c(F)c2)C(=O)O1.